The molecule has 0 saturated carbocycles. The van der Waals surface area contributed by atoms with E-state index in [1.54, 1.807) is 20.4 Å². The van der Waals surface area contributed by atoms with Crippen molar-refractivity contribution < 1.29 is 4.74 Å². The summed E-state index contributed by atoms with van der Waals surface area (Å²) in [5.74, 6) is 1.21. The number of hydrogen-bond donors (Lipinski definition) is 1. The molecule has 0 atom stereocenters. The van der Waals surface area contributed by atoms with Crippen LogP contribution < -0.4 is 10.4 Å². The number of nitrogens with zero attached hydrogens (tertiary/aromatic N) is 3. The number of benzene rings is 1. The Hall–Kier alpha value is -2.63. The monoisotopic (exact) mass is 256 g/mol. The maximum absolute atomic E-state index is 11.5. The Labute approximate surface area is 108 Å². The third kappa shape index (κ3) is 1.77. The van der Waals surface area contributed by atoms with Gasteiger partial charge < -0.3 is 4.74 Å². The number of aromatic amines is 1. The van der Waals surface area contributed by atoms with Crippen LogP contribution in [0.25, 0.3) is 22.3 Å². The second kappa shape index (κ2) is 4.24. The van der Waals surface area contributed by atoms with E-state index in [1.807, 2.05) is 24.3 Å². The first-order valence-electron chi connectivity index (χ1n) is 5.76. The standard InChI is InChI=1S/C13H12N4O2/c1-17-13(18)15-12(16-17)9-5-6-10(19-2)11-8(9)4-3-7-14-11/h3-7H,1-2H3,(H,15,16,18). The molecule has 0 spiro atoms. The van der Waals surface area contributed by atoms with Crippen molar-refractivity contribution >= 4 is 10.9 Å². The highest BCUT2D eigenvalue weighted by Crippen LogP contribution is 2.30. The molecule has 0 unspecified atom stereocenters. The Bertz CT molecular complexity index is 804. The molecule has 6 nitrogen and oxygen atoms in total. The van der Waals surface area contributed by atoms with Crippen molar-refractivity contribution in [2.75, 3.05) is 7.11 Å². The minimum absolute atomic E-state index is 0.247. The SMILES string of the molecule is COc1ccc(-c2nn(C)c(=O)[nH]2)c2cccnc12. The Balaban J connectivity index is 2.33. The first-order valence-corrected chi connectivity index (χ1v) is 5.76. The van der Waals surface area contributed by atoms with Gasteiger partial charge >= 0.3 is 5.69 Å². The summed E-state index contributed by atoms with van der Waals surface area (Å²) in [6.45, 7) is 0. The van der Waals surface area contributed by atoms with Crippen LogP contribution in [-0.4, -0.2) is 26.9 Å². The Morgan fingerprint density at radius 3 is 2.84 bits per heavy atom. The Morgan fingerprint density at radius 1 is 1.32 bits per heavy atom. The van der Waals surface area contributed by atoms with Gasteiger partial charge in [-0.25, -0.2) is 9.48 Å². The predicted octanol–water partition coefficient (Wildman–Crippen LogP) is 1.33. The fourth-order valence-electron chi connectivity index (χ4n) is 2.04. The van der Waals surface area contributed by atoms with Crippen molar-refractivity contribution in [3.8, 4) is 17.1 Å². The Morgan fingerprint density at radius 2 is 2.16 bits per heavy atom. The van der Waals surface area contributed by atoms with Gasteiger partial charge in [0.2, 0.25) is 0 Å². The summed E-state index contributed by atoms with van der Waals surface area (Å²) in [5, 5.41) is 5.05. The van der Waals surface area contributed by atoms with Gasteiger partial charge in [-0.15, -0.1) is 0 Å². The van der Waals surface area contributed by atoms with Gasteiger partial charge in [-0.05, 0) is 18.2 Å². The molecule has 0 saturated heterocycles. The summed E-state index contributed by atoms with van der Waals surface area (Å²) in [4.78, 5) is 18.5. The lowest BCUT2D eigenvalue weighted by Gasteiger charge is -2.07. The molecule has 2 heterocycles. The lowest BCUT2D eigenvalue weighted by Crippen LogP contribution is -2.13. The fourth-order valence-corrected chi connectivity index (χ4v) is 2.04. The maximum atomic E-state index is 11.5. The van der Waals surface area contributed by atoms with E-state index in [9.17, 15) is 4.79 Å². The first-order chi connectivity index (χ1) is 9.20. The van der Waals surface area contributed by atoms with Gasteiger partial charge in [0.25, 0.3) is 0 Å². The fraction of sp³-hybridized carbons (Fsp3) is 0.154. The average Bonchev–Trinajstić information content (AvgIpc) is 2.77. The second-order valence-corrected chi connectivity index (χ2v) is 4.12. The van der Waals surface area contributed by atoms with Crippen molar-refractivity contribution in [1.29, 1.82) is 0 Å². The maximum Gasteiger partial charge on any atom is 0.343 e. The highest BCUT2D eigenvalue weighted by molar-refractivity contribution is 5.96. The van der Waals surface area contributed by atoms with E-state index in [4.69, 9.17) is 4.74 Å². The molecule has 2 aromatic heterocycles. The van der Waals surface area contributed by atoms with Gasteiger partial charge in [0.1, 0.15) is 11.3 Å². The number of hydrogen-bond acceptors (Lipinski definition) is 4. The number of methoxy groups -OCH3 is 1. The van der Waals surface area contributed by atoms with Crippen molar-refractivity contribution in [3.63, 3.8) is 0 Å². The molecule has 96 valence electrons. The van der Waals surface area contributed by atoms with Crippen molar-refractivity contribution in [2.45, 2.75) is 0 Å². The number of fused-ring (bicyclic) bond motifs is 1. The van der Waals surface area contributed by atoms with E-state index in [0.717, 1.165) is 16.5 Å². The van der Waals surface area contributed by atoms with Gasteiger partial charge in [0.05, 0.1) is 7.11 Å². The predicted molar refractivity (Wildman–Crippen MR) is 71.1 cm³/mol. The van der Waals surface area contributed by atoms with Crippen LogP contribution in [0, 0.1) is 0 Å². The summed E-state index contributed by atoms with van der Waals surface area (Å²) in [6.07, 6.45) is 1.70. The van der Waals surface area contributed by atoms with E-state index in [-0.39, 0.29) is 5.69 Å². The zero-order valence-electron chi connectivity index (χ0n) is 10.5. The number of H-pyrrole nitrogens is 1. The van der Waals surface area contributed by atoms with Crippen LogP contribution in [0.4, 0.5) is 0 Å². The minimum atomic E-state index is -0.247. The van der Waals surface area contributed by atoms with Crippen LogP contribution in [-0.2, 0) is 7.05 Å². The van der Waals surface area contributed by atoms with Crippen LogP contribution in [0.5, 0.6) is 5.75 Å². The van der Waals surface area contributed by atoms with Gasteiger partial charge in [-0.2, -0.15) is 5.10 Å². The molecule has 3 aromatic rings. The van der Waals surface area contributed by atoms with Gasteiger partial charge in [-0.3, -0.25) is 9.97 Å². The number of aromatic nitrogens is 4. The summed E-state index contributed by atoms with van der Waals surface area (Å²) in [5.41, 5.74) is 1.32. The number of rotatable bonds is 2. The van der Waals surface area contributed by atoms with E-state index in [1.165, 1.54) is 4.68 Å². The summed E-state index contributed by atoms with van der Waals surface area (Å²) in [7, 11) is 3.21. The third-order valence-corrected chi connectivity index (χ3v) is 2.98. The molecule has 6 heteroatoms. The van der Waals surface area contributed by atoms with Crippen LogP contribution >= 0.6 is 0 Å². The smallest absolute Gasteiger partial charge is 0.343 e. The number of ether oxygens (including phenoxy) is 1. The van der Waals surface area contributed by atoms with E-state index in [2.05, 4.69) is 15.1 Å². The molecule has 0 aliphatic rings. The largest absolute Gasteiger partial charge is 0.494 e. The molecule has 3 rings (SSSR count). The molecule has 0 amide bonds. The molecule has 0 aliphatic carbocycles. The molecule has 1 aromatic carbocycles. The van der Waals surface area contributed by atoms with Gasteiger partial charge in [0.15, 0.2) is 5.82 Å². The number of nitrogens with one attached hydrogen (secondary N) is 1. The first kappa shape index (κ1) is 11.5. The van der Waals surface area contributed by atoms with Crippen LogP contribution in [0.2, 0.25) is 0 Å². The average molecular weight is 256 g/mol. The van der Waals surface area contributed by atoms with Crippen LogP contribution in [0.15, 0.2) is 35.3 Å². The van der Waals surface area contributed by atoms with E-state index in [0.29, 0.717) is 11.6 Å². The quantitative estimate of drug-likeness (QED) is 0.750. The van der Waals surface area contributed by atoms with Crippen molar-refractivity contribution in [1.82, 2.24) is 19.7 Å². The lowest BCUT2D eigenvalue weighted by atomic mass is 10.1. The molecular weight excluding hydrogens is 244 g/mol. The topological polar surface area (TPSA) is 72.8 Å². The van der Waals surface area contributed by atoms with Crippen LogP contribution in [0.1, 0.15) is 0 Å². The van der Waals surface area contributed by atoms with Gasteiger partial charge in [0, 0.05) is 24.2 Å². The highest BCUT2D eigenvalue weighted by atomic mass is 16.5. The summed E-state index contributed by atoms with van der Waals surface area (Å²) in [6, 6.07) is 7.44. The van der Waals surface area contributed by atoms with Gasteiger partial charge in [-0.1, -0.05) is 6.07 Å². The second-order valence-electron chi connectivity index (χ2n) is 4.12. The minimum Gasteiger partial charge on any atom is -0.494 e. The van der Waals surface area contributed by atoms with Crippen LogP contribution in [0.3, 0.4) is 0 Å². The Kier molecular flexibility index (Phi) is 2.56. The summed E-state index contributed by atoms with van der Waals surface area (Å²) >= 11 is 0. The van der Waals surface area contributed by atoms with Crippen molar-refractivity contribution in [3.05, 3.63) is 40.9 Å². The molecular formula is C13H12N4O2. The molecule has 0 bridgehead atoms. The molecule has 0 aliphatic heterocycles. The lowest BCUT2D eigenvalue weighted by molar-refractivity contribution is 0.419. The highest BCUT2D eigenvalue weighted by Gasteiger charge is 2.12. The number of aryl methyl sites for hydroxylation is 1. The molecule has 19 heavy (non-hydrogen) atoms. The van der Waals surface area contributed by atoms with E-state index >= 15 is 0 Å². The number of pyridine rings is 1. The molecule has 1 N–H and O–H groups in total. The molecule has 0 radical (unpaired) electrons. The zero-order valence-corrected chi connectivity index (χ0v) is 10.5. The third-order valence-electron chi connectivity index (χ3n) is 2.98. The molecule has 0 fully saturated rings. The summed E-state index contributed by atoms with van der Waals surface area (Å²) < 4.78 is 6.55. The zero-order chi connectivity index (χ0) is 13.4. The normalized spacial score (nSPS) is 10.8. The van der Waals surface area contributed by atoms with Crippen molar-refractivity contribution in [2.24, 2.45) is 7.05 Å². The van der Waals surface area contributed by atoms with E-state index < -0.39 is 0 Å².